The number of pyridine rings is 1. The van der Waals surface area contributed by atoms with Gasteiger partial charge in [-0.3, -0.25) is 14.5 Å². The summed E-state index contributed by atoms with van der Waals surface area (Å²) >= 11 is 7.77. The number of anilines is 3. The number of nitrogens with zero attached hydrogens (tertiary/aromatic N) is 2. The van der Waals surface area contributed by atoms with Crippen molar-refractivity contribution in [1.29, 1.82) is 0 Å². The first-order chi connectivity index (χ1) is 19.4. The summed E-state index contributed by atoms with van der Waals surface area (Å²) in [7, 11) is 0. The molecule has 2 aromatic heterocycles. The maximum Gasteiger partial charge on any atom is 0.331 e. The number of benzene rings is 2. The average molecular weight is 574 g/mol. The summed E-state index contributed by atoms with van der Waals surface area (Å²) in [6.07, 6.45) is 4.98. The second-order valence-corrected chi connectivity index (χ2v) is 10.9. The molecule has 2 aromatic carbocycles. The molecule has 2 aliphatic rings. The maximum atomic E-state index is 13.4. The van der Waals surface area contributed by atoms with Crippen LogP contribution in [0.3, 0.4) is 0 Å². The number of urea groups is 1. The van der Waals surface area contributed by atoms with E-state index in [4.69, 9.17) is 16.3 Å². The van der Waals surface area contributed by atoms with Gasteiger partial charge in [0.2, 0.25) is 5.91 Å². The molecule has 1 fully saturated rings. The van der Waals surface area contributed by atoms with Crippen molar-refractivity contribution in [2.45, 2.75) is 31.3 Å². The summed E-state index contributed by atoms with van der Waals surface area (Å²) in [4.78, 5) is 45.4. The van der Waals surface area contributed by atoms with Crippen LogP contribution in [0, 0.1) is 0 Å². The average Bonchev–Trinajstić information content (AvgIpc) is 3.55. The number of para-hydroxylation sites is 1. The van der Waals surface area contributed by atoms with E-state index in [1.54, 1.807) is 30.5 Å². The van der Waals surface area contributed by atoms with Crippen molar-refractivity contribution < 1.29 is 19.1 Å². The van der Waals surface area contributed by atoms with Crippen LogP contribution in [0.2, 0.25) is 5.02 Å². The number of thiophene rings is 1. The van der Waals surface area contributed by atoms with Crippen LogP contribution in [-0.2, 0) is 4.79 Å². The Morgan fingerprint density at radius 1 is 1.12 bits per heavy atom. The summed E-state index contributed by atoms with van der Waals surface area (Å²) in [6.45, 7) is 3.48. The molecule has 4 aromatic rings. The highest BCUT2D eigenvalue weighted by Gasteiger charge is 2.34. The van der Waals surface area contributed by atoms with E-state index in [1.165, 1.54) is 22.3 Å². The number of ether oxygens (including phenoxy) is 1. The van der Waals surface area contributed by atoms with E-state index < -0.39 is 6.03 Å². The van der Waals surface area contributed by atoms with Crippen LogP contribution in [0.25, 0.3) is 10.2 Å². The molecule has 1 aliphatic heterocycles. The molecule has 2 atom stereocenters. The van der Waals surface area contributed by atoms with E-state index in [9.17, 15) is 14.4 Å². The van der Waals surface area contributed by atoms with E-state index in [-0.39, 0.29) is 23.9 Å². The molecular formula is C29H24ClN5O4S. The fraction of sp³-hybridized carbons (Fsp3) is 0.172. The molecule has 40 heavy (non-hydrogen) atoms. The molecular weight excluding hydrogens is 550 g/mol. The van der Waals surface area contributed by atoms with Gasteiger partial charge in [-0.05, 0) is 61.7 Å². The van der Waals surface area contributed by atoms with Crippen molar-refractivity contribution in [3.8, 4) is 11.5 Å². The molecule has 6 rings (SSSR count). The monoisotopic (exact) mass is 573 g/mol. The van der Waals surface area contributed by atoms with Crippen molar-refractivity contribution in [3.05, 3.63) is 83.3 Å². The van der Waals surface area contributed by atoms with Gasteiger partial charge in [0.15, 0.2) is 0 Å². The molecule has 202 valence electrons. The molecule has 0 bridgehead atoms. The van der Waals surface area contributed by atoms with E-state index >= 15 is 0 Å². The molecule has 3 heterocycles. The molecule has 4 amide bonds. The SMILES string of the molecule is C=CC(=O)N[C@@H]1CC[C@H](NC(=O)c2sc3nccc4c3c2NC(=O)N4c2ccc(Oc3ccccc3)c(Cl)c2)C1. The van der Waals surface area contributed by atoms with Gasteiger partial charge in [-0.1, -0.05) is 36.4 Å². The molecule has 3 N–H and O–H groups in total. The summed E-state index contributed by atoms with van der Waals surface area (Å²) < 4.78 is 5.88. The lowest BCUT2D eigenvalue weighted by Gasteiger charge is -2.28. The zero-order valence-corrected chi connectivity index (χ0v) is 22.7. The third kappa shape index (κ3) is 4.87. The van der Waals surface area contributed by atoms with Crippen LogP contribution in [-0.4, -0.2) is 34.9 Å². The van der Waals surface area contributed by atoms with Gasteiger partial charge in [0, 0.05) is 18.3 Å². The van der Waals surface area contributed by atoms with Crippen molar-refractivity contribution in [3.63, 3.8) is 0 Å². The lowest BCUT2D eigenvalue weighted by Crippen LogP contribution is -2.37. The quantitative estimate of drug-likeness (QED) is 0.222. The Morgan fingerprint density at radius 2 is 1.90 bits per heavy atom. The first kappa shape index (κ1) is 25.8. The Bertz CT molecular complexity index is 1660. The van der Waals surface area contributed by atoms with E-state index in [2.05, 4.69) is 27.5 Å². The molecule has 0 saturated heterocycles. The first-order valence-corrected chi connectivity index (χ1v) is 13.9. The number of hydrogen-bond acceptors (Lipinski definition) is 6. The third-order valence-corrected chi connectivity index (χ3v) is 8.29. The zero-order valence-electron chi connectivity index (χ0n) is 21.1. The predicted molar refractivity (Wildman–Crippen MR) is 156 cm³/mol. The molecule has 9 nitrogen and oxygen atoms in total. The number of aromatic nitrogens is 1. The van der Waals surface area contributed by atoms with Gasteiger partial charge < -0.3 is 20.7 Å². The summed E-state index contributed by atoms with van der Waals surface area (Å²) in [5.41, 5.74) is 1.57. The van der Waals surface area contributed by atoms with Gasteiger partial charge in [-0.2, -0.15) is 0 Å². The van der Waals surface area contributed by atoms with E-state index in [0.29, 0.717) is 55.1 Å². The summed E-state index contributed by atoms with van der Waals surface area (Å²) in [6, 6.07) is 15.6. The van der Waals surface area contributed by atoms with Gasteiger partial charge in [-0.25, -0.2) is 9.78 Å². The molecule has 11 heteroatoms. The zero-order chi connectivity index (χ0) is 27.8. The Hall–Kier alpha value is -4.41. The highest BCUT2D eigenvalue weighted by atomic mass is 35.5. The molecule has 0 spiro atoms. The molecule has 0 unspecified atom stereocenters. The van der Waals surface area contributed by atoms with E-state index in [0.717, 1.165) is 12.8 Å². The van der Waals surface area contributed by atoms with Crippen LogP contribution >= 0.6 is 22.9 Å². The number of halogens is 1. The predicted octanol–water partition coefficient (Wildman–Crippen LogP) is 6.38. The normalized spacial score (nSPS) is 17.8. The van der Waals surface area contributed by atoms with E-state index in [1.807, 2.05) is 30.3 Å². The second-order valence-electron chi connectivity index (χ2n) is 9.50. The topological polar surface area (TPSA) is 113 Å². The van der Waals surface area contributed by atoms with Crippen LogP contribution < -0.4 is 25.6 Å². The van der Waals surface area contributed by atoms with Crippen LogP contribution in [0.15, 0.2) is 73.4 Å². The molecule has 1 aliphatic carbocycles. The Kier molecular flexibility index (Phi) is 6.87. The van der Waals surface area contributed by atoms with Crippen molar-refractivity contribution in [2.24, 2.45) is 0 Å². The number of carbonyl (C=O) groups excluding carboxylic acids is 3. The van der Waals surface area contributed by atoms with Crippen LogP contribution in [0.1, 0.15) is 28.9 Å². The number of amides is 4. The summed E-state index contributed by atoms with van der Waals surface area (Å²) in [5.74, 6) is 0.592. The fourth-order valence-electron chi connectivity index (χ4n) is 5.08. The van der Waals surface area contributed by atoms with Crippen LogP contribution in [0.4, 0.5) is 21.9 Å². The number of nitrogens with one attached hydrogen (secondary N) is 3. The largest absolute Gasteiger partial charge is 0.456 e. The lowest BCUT2D eigenvalue weighted by molar-refractivity contribution is -0.117. The minimum absolute atomic E-state index is 0.0191. The first-order valence-electron chi connectivity index (χ1n) is 12.7. The van der Waals surface area contributed by atoms with Gasteiger partial charge >= 0.3 is 6.03 Å². The highest BCUT2D eigenvalue weighted by Crippen LogP contribution is 2.46. The van der Waals surface area contributed by atoms with Crippen LogP contribution in [0.5, 0.6) is 11.5 Å². The smallest absolute Gasteiger partial charge is 0.331 e. The lowest BCUT2D eigenvalue weighted by atomic mass is 10.1. The summed E-state index contributed by atoms with van der Waals surface area (Å²) in [5, 5.41) is 9.86. The van der Waals surface area contributed by atoms with Crippen molar-refractivity contribution >= 4 is 68.1 Å². The molecule has 0 radical (unpaired) electrons. The van der Waals surface area contributed by atoms with Gasteiger partial charge in [0.25, 0.3) is 5.91 Å². The Balaban J connectivity index is 1.26. The van der Waals surface area contributed by atoms with Gasteiger partial charge in [-0.15, -0.1) is 11.3 Å². The third-order valence-electron chi connectivity index (χ3n) is 6.90. The standard InChI is InChI=1S/C29H24ClN5O4S/c1-2-23(36)32-16-8-9-17(14-16)33-27(37)26-25-24-21(12-13-31-28(24)40-26)35(29(38)34-25)18-10-11-22(20(30)15-18)39-19-6-4-3-5-7-19/h2-7,10-13,15-17H,1,8-9,14H2,(H,32,36)(H,33,37)(H,34,38)/t16-,17+/m1/s1. The maximum absolute atomic E-state index is 13.4. The number of rotatable bonds is 7. The number of hydrogen-bond donors (Lipinski definition) is 3. The highest BCUT2D eigenvalue weighted by molar-refractivity contribution is 7.21. The fourth-order valence-corrected chi connectivity index (χ4v) is 6.32. The second kappa shape index (κ2) is 10.6. The van der Waals surface area contributed by atoms with Gasteiger partial charge in [0.05, 0.1) is 27.5 Å². The number of carbonyl (C=O) groups is 3. The van der Waals surface area contributed by atoms with Gasteiger partial charge in [0.1, 0.15) is 21.2 Å². The Labute approximate surface area is 238 Å². The Morgan fingerprint density at radius 3 is 2.65 bits per heavy atom. The minimum Gasteiger partial charge on any atom is -0.456 e. The minimum atomic E-state index is -0.423. The van der Waals surface area contributed by atoms with Crippen molar-refractivity contribution in [2.75, 3.05) is 10.2 Å². The molecule has 1 saturated carbocycles. The van der Waals surface area contributed by atoms with Crippen molar-refractivity contribution in [1.82, 2.24) is 15.6 Å².